The molecule has 7 heteroatoms. The molecule has 16 heavy (non-hydrogen) atoms. The van der Waals surface area contributed by atoms with Gasteiger partial charge in [0.05, 0.1) is 19.8 Å². The Kier molecular flexibility index (Phi) is 4.42. The summed E-state index contributed by atoms with van der Waals surface area (Å²) in [6.45, 7) is -0.323. The molecular formula is C9H10BrN3O3. The van der Waals surface area contributed by atoms with Crippen molar-refractivity contribution < 1.29 is 14.9 Å². The molecule has 0 bridgehead atoms. The van der Waals surface area contributed by atoms with Crippen LogP contribution in [0.4, 0.5) is 0 Å². The van der Waals surface area contributed by atoms with Gasteiger partial charge in [-0.2, -0.15) is 0 Å². The lowest BCUT2D eigenvalue weighted by Gasteiger charge is -2.13. The van der Waals surface area contributed by atoms with Gasteiger partial charge in [-0.1, -0.05) is 21.0 Å². The molecule has 1 atom stereocenters. The zero-order valence-corrected chi connectivity index (χ0v) is 10.0. The highest BCUT2D eigenvalue weighted by Crippen LogP contribution is 2.36. The van der Waals surface area contributed by atoms with Crippen molar-refractivity contribution in [3.05, 3.63) is 32.6 Å². The van der Waals surface area contributed by atoms with Crippen LogP contribution >= 0.6 is 15.9 Å². The Balaban J connectivity index is 3.26. The number of rotatable bonds is 4. The zero-order chi connectivity index (χ0) is 12.1. The minimum absolute atomic E-state index is 0.0317. The average molecular weight is 288 g/mol. The number of phenolic OH excluding ortho intramolecular Hbond substituents is 1. The highest BCUT2D eigenvalue weighted by atomic mass is 79.9. The Labute approximate surface area is 100 Å². The van der Waals surface area contributed by atoms with Crippen molar-refractivity contribution in [1.82, 2.24) is 0 Å². The van der Waals surface area contributed by atoms with E-state index in [-0.39, 0.29) is 18.1 Å². The molecule has 0 aliphatic carbocycles. The number of hydrogen-bond donors (Lipinski definition) is 2. The van der Waals surface area contributed by atoms with Gasteiger partial charge in [0.15, 0.2) is 11.5 Å². The predicted molar refractivity (Wildman–Crippen MR) is 61.3 cm³/mol. The first-order valence-corrected chi connectivity index (χ1v) is 5.14. The average Bonchev–Trinajstić information content (AvgIpc) is 2.27. The van der Waals surface area contributed by atoms with E-state index in [2.05, 4.69) is 26.0 Å². The number of methoxy groups -OCH3 is 1. The van der Waals surface area contributed by atoms with Gasteiger partial charge < -0.3 is 14.9 Å². The summed E-state index contributed by atoms with van der Waals surface area (Å²) >= 11 is 3.21. The highest BCUT2D eigenvalue weighted by molar-refractivity contribution is 9.10. The molecule has 0 saturated heterocycles. The van der Waals surface area contributed by atoms with Crippen molar-refractivity contribution >= 4 is 15.9 Å². The number of ether oxygens (including phenoxy) is 1. The maximum Gasteiger partial charge on any atom is 0.160 e. The monoisotopic (exact) mass is 287 g/mol. The fourth-order valence-electron chi connectivity index (χ4n) is 1.24. The van der Waals surface area contributed by atoms with Gasteiger partial charge in [0.2, 0.25) is 0 Å². The Bertz CT molecular complexity index is 432. The Morgan fingerprint density at radius 3 is 2.81 bits per heavy atom. The predicted octanol–water partition coefficient (Wildman–Crippen LogP) is 2.51. The summed E-state index contributed by atoms with van der Waals surface area (Å²) in [5, 5.41) is 22.0. The number of nitrogens with zero attached hydrogens (tertiary/aromatic N) is 3. The summed E-state index contributed by atoms with van der Waals surface area (Å²) in [6, 6.07) is 2.22. The van der Waals surface area contributed by atoms with E-state index >= 15 is 0 Å². The molecule has 0 spiro atoms. The molecule has 0 aromatic heterocycles. The maximum absolute atomic E-state index is 9.48. The van der Waals surface area contributed by atoms with Crippen molar-refractivity contribution in [2.75, 3.05) is 13.7 Å². The third-order valence-corrected chi connectivity index (χ3v) is 2.71. The van der Waals surface area contributed by atoms with Crippen molar-refractivity contribution in [3.63, 3.8) is 0 Å². The number of aromatic hydroxyl groups is 1. The molecule has 1 unspecified atom stereocenters. The molecule has 0 radical (unpaired) electrons. The molecule has 0 aliphatic rings. The van der Waals surface area contributed by atoms with Gasteiger partial charge in [0, 0.05) is 9.38 Å². The van der Waals surface area contributed by atoms with Gasteiger partial charge in [-0.3, -0.25) is 0 Å². The molecule has 1 aromatic rings. The number of aliphatic hydroxyl groups excluding tert-OH is 1. The first kappa shape index (κ1) is 12.6. The number of hydrogen-bond acceptors (Lipinski definition) is 4. The van der Waals surface area contributed by atoms with E-state index < -0.39 is 6.04 Å². The second-order valence-electron chi connectivity index (χ2n) is 2.95. The minimum atomic E-state index is -0.714. The van der Waals surface area contributed by atoms with E-state index in [1.54, 1.807) is 0 Å². The van der Waals surface area contributed by atoms with E-state index in [0.29, 0.717) is 10.0 Å². The molecule has 0 saturated carbocycles. The molecule has 0 fully saturated rings. The van der Waals surface area contributed by atoms with Crippen LogP contribution in [-0.2, 0) is 0 Å². The number of benzene rings is 1. The van der Waals surface area contributed by atoms with E-state index in [4.69, 9.17) is 15.4 Å². The van der Waals surface area contributed by atoms with E-state index in [0.717, 1.165) is 0 Å². The van der Waals surface area contributed by atoms with Crippen molar-refractivity contribution in [2.45, 2.75) is 6.04 Å². The maximum atomic E-state index is 9.48. The molecule has 1 rings (SSSR count). The van der Waals surface area contributed by atoms with Gasteiger partial charge >= 0.3 is 0 Å². The van der Waals surface area contributed by atoms with Crippen LogP contribution < -0.4 is 4.74 Å². The van der Waals surface area contributed by atoms with Crippen LogP contribution in [0.2, 0.25) is 0 Å². The molecule has 1 aromatic carbocycles. The zero-order valence-electron chi connectivity index (χ0n) is 8.46. The highest BCUT2D eigenvalue weighted by Gasteiger charge is 2.15. The van der Waals surface area contributed by atoms with Crippen LogP contribution in [-0.4, -0.2) is 23.9 Å². The van der Waals surface area contributed by atoms with Crippen LogP contribution in [0.15, 0.2) is 21.7 Å². The van der Waals surface area contributed by atoms with E-state index in [9.17, 15) is 5.11 Å². The van der Waals surface area contributed by atoms with Gasteiger partial charge in [-0.15, -0.1) is 0 Å². The van der Waals surface area contributed by atoms with Gasteiger partial charge in [-0.25, -0.2) is 0 Å². The lowest BCUT2D eigenvalue weighted by molar-refractivity contribution is 0.267. The molecular weight excluding hydrogens is 278 g/mol. The van der Waals surface area contributed by atoms with Crippen molar-refractivity contribution in [1.29, 1.82) is 0 Å². The molecule has 0 amide bonds. The number of halogens is 1. The fourth-order valence-corrected chi connectivity index (χ4v) is 1.83. The summed E-state index contributed by atoms with van der Waals surface area (Å²) in [7, 11) is 1.41. The van der Waals surface area contributed by atoms with Crippen molar-refractivity contribution in [2.24, 2.45) is 5.11 Å². The van der Waals surface area contributed by atoms with Crippen molar-refractivity contribution in [3.8, 4) is 11.5 Å². The smallest absolute Gasteiger partial charge is 0.160 e. The quantitative estimate of drug-likeness (QED) is 0.506. The molecule has 86 valence electrons. The van der Waals surface area contributed by atoms with Crippen LogP contribution in [0.5, 0.6) is 11.5 Å². The molecule has 0 aliphatic heterocycles. The third kappa shape index (κ3) is 2.57. The van der Waals surface area contributed by atoms with E-state index in [1.807, 2.05) is 0 Å². The number of phenols is 1. The summed E-state index contributed by atoms with van der Waals surface area (Å²) in [5.41, 5.74) is 8.90. The Hall–Kier alpha value is -1.43. The summed E-state index contributed by atoms with van der Waals surface area (Å²) < 4.78 is 5.47. The topological polar surface area (TPSA) is 98.5 Å². The molecule has 0 heterocycles. The van der Waals surface area contributed by atoms with Crippen LogP contribution in [0.1, 0.15) is 11.6 Å². The molecule has 6 nitrogen and oxygen atoms in total. The SMILES string of the molecule is COc1cc(C(CO)N=[N+]=[N-])c(Br)cc1O. The number of azide groups is 1. The third-order valence-electron chi connectivity index (χ3n) is 2.02. The summed E-state index contributed by atoms with van der Waals surface area (Å²) in [5.74, 6) is 0.223. The minimum Gasteiger partial charge on any atom is -0.504 e. The van der Waals surface area contributed by atoms with E-state index in [1.165, 1.54) is 19.2 Å². The van der Waals surface area contributed by atoms with Crippen LogP contribution in [0.25, 0.3) is 10.4 Å². The Morgan fingerprint density at radius 2 is 2.31 bits per heavy atom. The Morgan fingerprint density at radius 1 is 1.62 bits per heavy atom. The largest absolute Gasteiger partial charge is 0.504 e. The number of aliphatic hydroxyl groups is 1. The van der Waals surface area contributed by atoms with Crippen LogP contribution in [0.3, 0.4) is 0 Å². The van der Waals surface area contributed by atoms with Gasteiger partial charge in [0.1, 0.15) is 0 Å². The fraction of sp³-hybridized carbons (Fsp3) is 0.333. The normalized spacial score (nSPS) is 11.7. The molecule has 2 N–H and O–H groups in total. The standard InChI is InChI=1S/C9H10BrN3O3/c1-16-9-2-5(6(10)3-8(9)15)7(4-14)12-13-11/h2-3,7,14-15H,4H2,1H3. The lowest BCUT2D eigenvalue weighted by atomic mass is 10.1. The first-order valence-electron chi connectivity index (χ1n) is 4.35. The summed E-state index contributed by atoms with van der Waals surface area (Å²) in [6.07, 6.45) is 0. The van der Waals surface area contributed by atoms with Crippen LogP contribution in [0, 0.1) is 0 Å². The summed E-state index contributed by atoms with van der Waals surface area (Å²) in [4.78, 5) is 2.64. The first-order chi connectivity index (χ1) is 7.63. The van der Waals surface area contributed by atoms with Gasteiger partial charge in [0.25, 0.3) is 0 Å². The second kappa shape index (κ2) is 5.60. The second-order valence-corrected chi connectivity index (χ2v) is 3.80. The van der Waals surface area contributed by atoms with Gasteiger partial charge in [-0.05, 0) is 23.2 Å². The lowest BCUT2D eigenvalue weighted by Crippen LogP contribution is -2.01.